The van der Waals surface area contributed by atoms with Gasteiger partial charge in [-0.1, -0.05) is 34.1 Å². The molecule has 0 saturated heterocycles. The summed E-state index contributed by atoms with van der Waals surface area (Å²) in [7, 11) is 0. The van der Waals surface area contributed by atoms with Crippen LogP contribution in [0.15, 0.2) is 0 Å². The Balaban J connectivity index is 1.44. The van der Waals surface area contributed by atoms with Gasteiger partial charge in [0.2, 0.25) is 0 Å². The minimum atomic E-state index is -0.507. The second-order valence-corrected chi connectivity index (χ2v) is 13.5. The Morgan fingerprint density at radius 2 is 1.50 bits per heavy atom. The van der Waals surface area contributed by atoms with Crippen LogP contribution in [0.25, 0.3) is 0 Å². The number of hydrogen-bond donors (Lipinski definition) is 1. The van der Waals surface area contributed by atoms with Crippen molar-refractivity contribution in [3.05, 3.63) is 0 Å². The van der Waals surface area contributed by atoms with E-state index in [2.05, 4.69) is 27.7 Å². The average molecular weight is 445 g/mol. The molecule has 4 nitrogen and oxygen atoms in total. The van der Waals surface area contributed by atoms with Crippen molar-refractivity contribution in [2.75, 3.05) is 0 Å². The first-order valence-electron chi connectivity index (χ1n) is 13.4. The van der Waals surface area contributed by atoms with Crippen LogP contribution in [-0.2, 0) is 14.3 Å². The number of aliphatic carboxylic acids is 1. The number of rotatable bonds is 2. The van der Waals surface area contributed by atoms with Crippen molar-refractivity contribution in [3.8, 4) is 0 Å². The lowest BCUT2D eigenvalue weighted by molar-refractivity contribution is -0.222. The Bertz CT molecular complexity index is 803. The Labute approximate surface area is 194 Å². The van der Waals surface area contributed by atoms with Crippen molar-refractivity contribution in [1.82, 2.24) is 0 Å². The van der Waals surface area contributed by atoms with Gasteiger partial charge in [-0.3, -0.25) is 9.59 Å². The zero-order valence-electron chi connectivity index (χ0n) is 20.9. The molecule has 0 bridgehead atoms. The van der Waals surface area contributed by atoms with Gasteiger partial charge in [-0.2, -0.15) is 0 Å². The van der Waals surface area contributed by atoms with E-state index in [9.17, 15) is 14.7 Å². The number of carboxylic acid groups (broad SMARTS) is 1. The minimum absolute atomic E-state index is 0.00727. The van der Waals surface area contributed by atoms with E-state index in [-0.39, 0.29) is 22.9 Å². The average Bonchev–Trinajstić information content (AvgIpc) is 3.15. The molecule has 0 aromatic rings. The van der Waals surface area contributed by atoms with E-state index >= 15 is 0 Å². The number of ether oxygens (including phenoxy) is 1. The third kappa shape index (κ3) is 2.86. The molecule has 32 heavy (non-hydrogen) atoms. The lowest BCUT2D eigenvalue weighted by atomic mass is 9.36. The van der Waals surface area contributed by atoms with Crippen LogP contribution in [0.3, 0.4) is 0 Å². The zero-order chi connectivity index (χ0) is 23.1. The van der Waals surface area contributed by atoms with Gasteiger partial charge in [0, 0.05) is 12.3 Å². The Hall–Kier alpha value is -1.06. The summed E-state index contributed by atoms with van der Waals surface area (Å²) in [6.07, 6.45) is 12.3. The molecular formula is C28H44O4. The molecule has 5 aliphatic rings. The van der Waals surface area contributed by atoms with Crippen LogP contribution in [-0.4, -0.2) is 23.1 Å². The molecule has 0 aromatic carbocycles. The van der Waals surface area contributed by atoms with Crippen molar-refractivity contribution >= 4 is 11.9 Å². The van der Waals surface area contributed by atoms with E-state index in [1.54, 1.807) is 6.92 Å². The van der Waals surface area contributed by atoms with E-state index in [1.165, 1.54) is 25.7 Å². The number of esters is 1. The predicted octanol–water partition coefficient (Wildman–Crippen LogP) is 6.47. The normalized spacial score (nSPS) is 51.5. The van der Waals surface area contributed by atoms with Crippen LogP contribution in [0.2, 0.25) is 0 Å². The lowest BCUT2D eigenvalue weighted by Crippen LogP contribution is -2.63. The number of fused-ring (bicyclic) bond motifs is 7. The smallest absolute Gasteiger partial charge is 0.309 e. The van der Waals surface area contributed by atoms with Crippen molar-refractivity contribution in [1.29, 1.82) is 0 Å². The van der Waals surface area contributed by atoms with Gasteiger partial charge in [0.1, 0.15) is 6.10 Å². The first-order chi connectivity index (χ1) is 15.0. The summed E-state index contributed by atoms with van der Waals surface area (Å²) in [5, 5.41) is 10.2. The molecule has 5 aliphatic carbocycles. The van der Waals surface area contributed by atoms with Crippen molar-refractivity contribution < 1.29 is 19.4 Å². The molecule has 5 saturated carbocycles. The van der Waals surface area contributed by atoms with Gasteiger partial charge < -0.3 is 9.84 Å². The van der Waals surface area contributed by atoms with Crippen LogP contribution in [0.1, 0.15) is 105 Å². The molecule has 1 N–H and O–H groups in total. The fourth-order valence-corrected chi connectivity index (χ4v) is 11.0. The Kier molecular flexibility index (Phi) is 5.12. The molecule has 0 aromatic heterocycles. The summed E-state index contributed by atoms with van der Waals surface area (Å²) >= 11 is 0. The summed E-state index contributed by atoms with van der Waals surface area (Å²) in [6, 6.07) is 0. The standard InChI is InChI=1S/C28H44O4/c1-17(29)32-23-12-15-27(5)21(25(23,2)3)11-14-26(4)19-10-16-28(24(30)31)13-6-7-20(28)18(19)8-9-22(26)27/h18-23H,6-16H2,1-5H3,(H,30,31). The monoisotopic (exact) mass is 444 g/mol. The van der Waals surface area contributed by atoms with Gasteiger partial charge >= 0.3 is 11.9 Å². The number of carbonyl (C=O) groups is 2. The van der Waals surface area contributed by atoms with E-state index in [0.717, 1.165) is 44.9 Å². The predicted molar refractivity (Wildman–Crippen MR) is 124 cm³/mol. The second-order valence-electron chi connectivity index (χ2n) is 13.5. The molecule has 5 rings (SSSR count). The lowest BCUT2D eigenvalue weighted by Gasteiger charge is -2.69. The molecule has 0 radical (unpaired) electrons. The van der Waals surface area contributed by atoms with E-state index in [1.807, 2.05) is 0 Å². The highest BCUT2D eigenvalue weighted by Crippen LogP contribution is 2.73. The van der Waals surface area contributed by atoms with Crippen LogP contribution < -0.4 is 0 Å². The number of carboxylic acids is 1. The molecule has 0 heterocycles. The topological polar surface area (TPSA) is 63.6 Å². The first-order valence-corrected chi connectivity index (χ1v) is 13.4. The SMILES string of the molecule is CC(=O)OC1CCC2(C)C(CCC3(C)C4CCC5(C(=O)O)CCCC5C4CCC32)C1(C)C. The Morgan fingerprint density at radius 1 is 0.781 bits per heavy atom. The maximum atomic E-state index is 12.4. The van der Waals surface area contributed by atoms with Crippen molar-refractivity contribution in [3.63, 3.8) is 0 Å². The van der Waals surface area contributed by atoms with Crippen LogP contribution in [0.5, 0.6) is 0 Å². The zero-order valence-corrected chi connectivity index (χ0v) is 20.9. The fourth-order valence-electron chi connectivity index (χ4n) is 11.0. The Morgan fingerprint density at radius 3 is 2.19 bits per heavy atom. The van der Waals surface area contributed by atoms with Gasteiger partial charge in [-0.15, -0.1) is 0 Å². The third-order valence-electron chi connectivity index (χ3n) is 12.2. The van der Waals surface area contributed by atoms with Gasteiger partial charge in [0.25, 0.3) is 0 Å². The molecule has 9 unspecified atom stereocenters. The van der Waals surface area contributed by atoms with E-state index in [4.69, 9.17) is 4.74 Å². The maximum absolute atomic E-state index is 12.4. The van der Waals surface area contributed by atoms with Gasteiger partial charge in [0.15, 0.2) is 0 Å². The highest BCUT2D eigenvalue weighted by atomic mass is 16.5. The van der Waals surface area contributed by atoms with Gasteiger partial charge in [0.05, 0.1) is 5.41 Å². The first kappa shape index (κ1) is 22.7. The quantitative estimate of drug-likeness (QED) is 0.496. The summed E-state index contributed by atoms with van der Waals surface area (Å²) in [6.45, 7) is 11.4. The number of hydrogen-bond acceptors (Lipinski definition) is 3. The summed E-state index contributed by atoms with van der Waals surface area (Å²) in [4.78, 5) is 24.2. The molecular weight excluding hydrogens is 400 g/mol. The van der Waals surface area contributed by atoms with Crippen LogP contribution in [0.4, 0.5) is 0 Å². The second kappa shape index (κ2) is 7.22. The highest BCUT2D eigenvalue weighted by Gasteiger charge is 2.67. The van der Waals surface area contributed by atoms with Gasteiger partial charge in [-0.25, -0.2) is 0 Å². The minimum Gasteiger partial charge on any atom is -0.481 e. The molecule has 9 atom stereocenters. The summed E-state index contributed by atoms with van der Waals surface area (Å²) in [5.74, 6) is 2.32. The molecule has 180 valence electrons. The summed E-state index contributed by atoms with van der Waals surface area (Å²) < 4.78 is 5.83. The number of carbonyl (C=O) groups excluding carboxylic acids is 1. The molecule has 0 amide bonds. The van der Waals surface area contributed by atoms with E-state index in [0.29, 0.717) is 35.0 Å². The van der Waals surface area contributed by atoms with Crippen LogP contribution in [0, 0.1) is 51.2 Å². The van der Waals surface area contributed by atoms with Crippen LogP contribution >= 0.6 is 0 Å². The maximum Gasteiger partial charge on any atom is 0.309 e. The molecule has 5 fully saturated rings. The molecule has 0 spiro atoms. The summed E-state index contributed by atoms with van der Waals surface area (Å²) in [5.41, 5.74) is 0.198. The fraction of sp³-hybridized carbons (Fsp3) is 0.929. The van der Waals surface area contributed by atoms with Crippen molar-refractivity contribution in [2.45, 2.75) is 111 Å². The molecule has 4 heteroatoms. The van der Waals surface area contributed by atoms with E-state index < -0.39 is 11.4 Å². The third-order valence-corrected chi connectivity index (χ3v) is 12.2. The van der Waals surface area contributed by atoms with Crippen molar-refractivity contribution in [2.24, 2.45) is 51.2 Å². The largest absolute Gasteiger partial charge is 0.481 e. The molecule has 0 aliphatic heterocycles. The highest BCUT2D eigenvalue weighted by molar-refractivity contribution is 5.75. The van der Waals surface area contributed by atoms with Gasteiger partial charge in [-0.05, 0) is 105 Å².